The lowest BCUT2D eigenvalue weighted by molar-refractivity contribution is -0.0830. The summed E-state index contributed by atoms with van der Waals surface area (Å²) in [7, 11) is 0. The van der Waals surface area contributed by atoms with Crippen LogP contribution < -0.4 is 11.1 Å². The zero-order chi connectivity index (χ0) is 27.0. The van der Waals surface area contributed by atoms with Gasteiger partial charge >= 0.3 is 6.03 Å². The van der Waals surface area contributed by atoms with E-state index in [-0.39, 0.29) is 23.7 Å². The fourth-order valence-corrected chi connectivity index (χ4v) is 4.28. The van der Waals surface area contributed by atoms with Crippen molar-refractivity contribution in [3.63, 3.8) is 0 Å². The molecule has 38 heavy (non-hydrogen) atoms. The lowest BCUT2D eigenvalue weighted by Gasteiger charge is -2.23. The van der Waals surface area contributed by atoms with E-state index in [1.165, 1.54) is 18.5 Å². The highest BCUT2D eigenvalue weighted by Gasteiger charge is 2.33. The van der Waals surface area contributed by atoms with Crippen molar-refractivity contribution in [2.75, 3.05) is 17.7 Å². The summed E-state index contributed by atoms with van der Waals surface area (Å²) in [4.78, 5) is 26.6. The largest absolute Gasteiger partial charge is 0.383 e. The zero-order valence-electron chi connectivity index (χ0n) is 20.4. The number of aromatic nitrogens is 4. The van der Waals surface area contributed by atoms with Gasteiger partial charge in [0.1, 0.15) is 35.3 Å². The third kappa shape index (κ3) is 4.71. The van der Waals surface area contributed by atoms with Crippen LogP contribution in [0.15, 0.2) is 36.7 Å². The molecule has 3 N–H and O–H groups in total. The molecule has 2 aromatic carbocycles. The van der Waals surface area contributed by atoms with E-state index >= 15 is 0 Å². The number of nitrogens with two attached hydrogens (primary N) is 1. The summed E-state index contributed by atoms with van der Waals surface area (Å²) in [5.41, 5.74) is 7.99. The van der Waals surface area contributed by atoms with Crippen LogP contribution in [0.5, 0.6) is 0 Å². The Bertz CT molecular complexity index is 1610. The summed E-state index contributed by atoms with van der Waals surface area (Å²) in [6.07, 6.45) is 1.66. The van der Waals surface area contributed by atoms with Gasteiger partial charge in [0.15, 0.2) is 5.65 Å². The smallest absolute Gasteiger partial charge is 0.346 e. The van der Waals surface area contributed by atoms with E-state index in [4.69, 9.17) is 10.6 Å². The average Bonchev–Trinajstić information content (AvgIpc) is 3.50. The van der Waals surface area contributed by atoms with E-state index in [0.29, 0.717) is 40.8 Å². The van der Waals surface area contributed by atoms with Crippen molar-refractivity contribution in [3.05, 3.63) is 76.5 Å². The van der Waals surface area contributed by atoms with Gasteiger partial charge < -0.3 is 11.1 Å². The van der Waals surface area contributed by atoms with Crippen molar-refractivity contribution in [2.24, 2.45) is 0 Å². The number of fused-ring (bicyclic) bond motifs is 1. The maximum absolute atomic E-state index is 14.8. The second-order valence-electron chi connectivity index (χ2n) is 8.62. The second-order valence-corrected chi connectivity index (χ2v) is 8.62. The molecule has 0 radical (unpaired) electrons. The van der Waals surface area contributed by atoms with E-state index in [2.05, 4.69) is 32.2 Å². The zero-order valence-corrected chi connectivity index (χ0v) is 20.4. The van der Waals surface area contributed by atoms with Crippen LogP contribution in [0.25, 0.3) is 11.0 Å². The number of nitrogen functional groups attached to an aromatic ring is 1. The Labute approximate surface area is 215 Å². The maximum Gasteiger partial charge on any atom is 0.346 e. The fraction of sp³-hybridized carbons (Fsp3) is 0.231. The van der Waals surface area contributed by atoms with Crippen LogP contribution in [0.1, 0.15) is 41.8 Å². The molecule has 2 amide bonds. The van der Waals surface area contributed by atoms with Crippen molar-refractivity contribution < 1.29 is 22.8 Å². The van der Waals surface area contributed by atoms with Gasteiger partial charge in [-0.3, -0.25) is 4.84 Å². The van der Waals surface area contributed by atoms with E-state index in [0.717, 1.165) is 23.3 Å². The van der Waals surface area contributed by atoms with Crippen LogP contribution in [0.3, 0.4) is 0 Å². The number of benzene rings is 2. The molecule has 0 saturated carbocycles. The third-order valence-corrected chi connectivity index (χ3v) is 6.10. The number of rotatable bonds is 3. The van der Waals surface area contributed by atoms with Gasteiger partial charge in [-0.05, 0) is 55.2 Å². The Morgan fingerprint density at radius 2 is 1.92 bits per heavy atom. The molecule has 1 atom stereocenters. The second kappa shape index (κ2) is 10.0. The number of anilines is 2. The lowest BCUT2D eigenvalue weighted by atomic mass is 10.0. The van der Waals surface area contributed by atoms with Gasteiger partial charge in [0.25, 0.3) is 0 Å². The summed E-state index contributed by atoms with van der Waals surface area (Å²) in [6, 6.07) is 4.09. The van der Waals surface area contributed by atoms with Gasteiger partial charge in [-0.2, -0.15) is 10.2 Å². The van der Waals surface area contributed by atoms with Gasteiger partial charge in [-0.15, -0.1) is 0 Å². The van der Waals surface area contributed by atoms with Crippen LogP contribution >= 0.6 is 0 Å². The highest BCUT2D eigenvalue weighted by atomic mass is 19.1. The number of hydroxylamine groups is 2. The Morgan fingerprint density at radius 3 is 2.66 bits per heavy atom. The minimum atomic E-state index is -0.795. The molecule has 0 unspecified atom stereocenters. The third-order valence-electron chi connectivity index (χ3n) is 6.10. The number of nitrogens with zero attached hydrogens (tertiary/aromatic N) is 5. The number of nitrogens with one attached hydrogen (secondary N) is 1. The standard InChI is InChI=1S/C26H22F3N7O2/c1-3-35-25-23(24(30)31-13-32-25)20(34-35)5-4-15-11-21(19(29)8-14(15)2)33-26(37)36-22(6-7-38-36)16-9-17(27)12-18(28)10-16/h8-13,22H,3,6-7H2,1-2H3,(H,33,37)(H2,30,31,32)/t22-/m1/s1. The van der Waals surface area contributed by atoms with Crippen molar-refractivity contribution in [1.29, 1.82) is 0 Å². The van der Waals surface area contributed by atoms with Crippen molar-refractivity contribution in [2.45, 2.75) is 32.9 Å². The molecule has 1 saturated heterocycles. The van der Waals surface area contributed by atoms with Gasteiger partial charge in [-0.1, -0.05) is 5.92 Å². The molecule has 1 aliphatic rings. The number of carbonyl (C=O) groups excluding carboxylic acids is 1. The topological polar surface area (TPSA) is 111 Å². The predicted molar refractivity (Wildman–Crippen MR) is 133 cm³/mol. The minimum absolute atomic E-state index is 0.142. The Kier molecular flexibility index (Phi) is 6.61. The summed E-state index contributed by atoms with van der Waals surface area (Å²) < 4.78 is 43.9. The molecular formula is C26H22F3N7O2. The molecule has 194 valence electrons. The highest BCUT2D eigenvalue weighted by molar-refractivity contribution is 5.91. The Balaban J connectivity index is 1.43. The predicted octanol–water partition coefficient (Wildman–Crippen LogP) is 4.46. The number of halogens is 3. The molecule has 9 nitrogen and oxygen atoms in total. The first kappa shape index (κ1) is 25.0. The van der Waals surface area contributed by atoms with Gasteiger partial charge in [-0.25, -0.2) is 32.6 Å². The highest BCUT2D eigenvalue weighted by Crippen LogP contribution is 2.32. The normalized spacial score (nSPS) is 15.0. The van der Waals surface area contributed by atoms with Crippen LogP contribution in [-0.4, -0.2) is 37.4 Å². The first-order chi connectivity index (χ1) is 18.2. The Hall–Kier alpha value is -4.63. The van der Waals surface area contributed by atoms with Crippen molar-refractivity contribution in [3.8, 4) is 11.8 Å². The molecule has 0 spiro atoms. The van der Waals surface area contributed by atoms with Gasteiger partial charge in [0.05, 0.1) is 23.7 Å². The molecule has 4 aromatic rings. The van der Waals surface area contributed by atoms with Crippen LogP contribution in [-0.2, 0) is 11.4 Å². The summed E-state index contributed by atoms with van der Waals surface area (Å²) >= 11 is 0. The Morgan fingerprint density at radius 1 is 1.16 bits per heavy atom. The summed E-state index contributed by atoms with van der Waals surface area (Å²) in [6.45, 7) is 4.27. The molecule has 3 heterocycles. The molecule has 2 aromatic heterocycles. The monoisotopic (exact) mass is 521 g/mol. The minimum Gasteiger partial charge on any atom is -0.383 e. The van der Waals surface area contributed by atoms with Crippen LogP contribution in [0.2, 0.25) is 0 Å². The van der Waals surface area contributed by atoms with E-state index < -0.39 is 29.5 Å². The van der Waals surface area contributed by atoms with Crippen LogP contribution in [0.4, 0.5) is 29.5 Å². The lowest BCUT2D eigenvalue weighted by Crippen LogP contribution is -2.34. The van der Waals surface area contributed by atoms with Crippen molar-refractivity contribution in [1.82, 2.24) is 24.8 Å². The van der Waals surface area contributed by atoms with Crippen molar-refractivity contribution >= 4 is 28.6 Å². The molecule has 5 rings (SSSR count). The van der Waals surface area contributed by atoms with E-state index in [1.54, 1.807) is 11.6 Å². The molecule has 1 aliphatic heterocycles. The molecule has 1 fully saturated rings. The van der Waals surface area contributed by atoms with Crippen LogP contribution in [0, 0.1) is 36.2 Å². The first-order valence-corrected chi connectivity index (χ1v) is 11.7. The first-order valence-electron chi connectivity index (χ1n) is 11.7. The van der Waals surface area contributed by atoms with E-state index in [1.807, 2.05) is 6.92 Å². The molecule has 0 aliphatic carbocycles. The summed E-state index contributed by atoms with van der Waals surface area (Å²) in [5.74, 6) is 3.91. The number of aryl methyl sites for hydroxylation is 2. The number of carbonyl (C=O) groups is 1. The van der Waals surface area contributed by atoms with Gasteiger partial charge in [0.2, 0.25) is 0 Å². The number of hydrogen-bond acceptors (Lipinski definition) is 6. The number of amides is 2. The quantitative estimate of drug-likeness (QED) is 0.385. The van der Waals surface area contributed by atoms with Gasteiger partial charge in [0, 0.05) is 24.6 Å². The fourth-order valence-electron chi connectivity index (χ4n) is 4.28. The number of hydrogen-bond donors (Lipinski definition) is 2. The van der Waals surface area contributed by atoms with E-state index in [9.17, 15) is 18.0 Å². The number of urea groups is 1. The maximum atomic E-state index is 14.8. The summed E-state index contributed by atoms with van der Waals surface area (Å²) in [5, 5.41) is 8.38. The SMILES string of the molecule is CCn1nc(C#Cc2cc(NC(=O)N3OCC[C@@H]3c3cc(F)cc(F)c3)c(F)cc2C)c2c(N)ncnc21. The molecular weight excluding hydrogens is 499 g/mol. The average molecular weight is 522 g/mol. The molecule has 0 bridgehead atoms. The molecule has 12 heteroatoms.